The molecule has 2 heterocycles. The van der Waals surface area contributed by atoms with Crippen molar-refractivity contribution in [3.63, 3.8) is 0 Å². The van der Waals surface area contributed by atoms with E-state index >= 15 is 0 Å². The molecule has 0 saturated carbocycles. The van der Waals surface area contributed by atoms with Crippen LogP contribution in [-0.4, -0.2) is 27.5 Å². The van der Waals surface area contributed by atoms with Crippen LogP contribution in [0.2, 0.25) is 10.0 Å². The second-order valence-electron chi connectivity index (χ2n) is 6.91. The van der Waals surface area contributed by atoms with Crippen LogP contribution >= 0.6 is 23.2 Å². The Labute approximate surface area is 182 Å². The van der Waals surface area contributed by atoms with Crippen LogP contribution in [0, 0.1) is 12.7 Å². The van der Waals surface area contributed by atoms with Gasteiger partial charge in [0.15, 0.2) is 5.82 Å². The molecule has 1 amide bonds. The van der Waals surface area contributed by atoms with Crippen LogP contribution in [0.25, 0.3) is 0 Å². The summed E-state index contributed by atoms with van der Waals surface area (Å²) >= 11 is 12.0. The van der Waals surface area contributed by atoms with Gasteiger partial charge in [0.2, 0.25) is 6.10 Å². The smallest absolute Gasteiger partial charge is 0.269 e. The summed E-state index contributed by atoms with van der Waals surface area (Å²) in [7, 11) is 0. The summed E-state index contributed by atoms with van der Waals surface area (Å²) in [6.07, 6.45) is -0.481. The van der Waals surface area contributed by atoms with E-state index < -0.39 is 6.10 Å². The van der Waals surface area contributed by atoms with Gasteiger partial charge in [0.25, 0.3) is 5.91 Å². The number of carbonyl (C=O) groups excluding carboxylic acids is 1. The molecule has 0 saturated heterocycles. The Morgan fingerprint density at radius 1 is 1.20 bits per heavy atom. The molecule has 0 bridgehead atoms. The topological polar surface area (TPSA) is 68.5 Å². The summed E-state index contributed by atoms with van der Waals surface area (Å²) in [6.45, 7) is 2.37. The summed E-state index contributed by atoms with van der Waals surface area (Å²) in [4.78, 5) is 17.8. The van der Waals surface area contributed by atoms with Gasteiger partial charge in [-0.25, -0.2) is 4.39 Å². The number of aromatic nitrogens is 2. The first kappa shape index (κ1) is 20.4. The molecule has 1 aromatic heterocycles. The maximum absolute atomic E-state index is 13.1. The number of hydrogen-bond donors (Lipinski definition) is 1. The van der Waals surface area contributed by atoms with Crippen molar-refractivity contribution in [1.29, 1.82) is 0 Å². The highest BCUT2D eigenvalue weighted by Crippen LogP contribution is 2.24. The molecule has 1 N–H and O–H groups in total. The number of rotatable bonds is 5. The minimum absolute atomic E-state index is 0.292. The van der Waals surface area contributed by atoms with Crippen molar-refractivity contribution < 1.29 is 14.0 Å². The van der Waals surface area contributed by atoms with Crippen LogP contribution in [0.15, 0.2) is 53.7 Å². The molecule has 0 aliphatic carbocycles. The second kappa shape index (κ2) is 8.45. The number of carbonyl (C=O) groups is 1. The fourth-order valence-corrected chi connectivity index (χ4v) is 3.40. The van der Waals surface area contributed by atoms with E-state index in [1.807, 2.05) is 13.0 Å². The molecule has 6 nitrogen and oxygen atoms in total. The molecule has 1 atom stereocenters. The maximum Gasteiger partial charge on any atom is 0.269 e. The number of nitrogens with zero attached hydrogens (tertiary/aromatic N) is 3. The van der Waals surface area contributed by atoms with E-state index in [9.17, 15) is 9.18 Å². The monoisotopic (exact) mass is 446 g/mol. The Kier molecular flexibility index (Phi) is 5.74. The summed E-state index contributed by atoms with van der Waals surface area (Å²) in [5.74, 6) is -0.272. The van der Waals surface area contributed by atoms with Crippen molar-refractivity contribution in [2.75, 3.05) is 5.32 Å². The number of aryl methyl sites for hydroxylation is 1. The Balaban J connectivity index is 1.39. The lowest BCUT2D eigenvalue weighted by molar-refractivity contribution is -0.125. The predicted molar refractivity (Wildman–Crippen MR) is 114 cm³/mol. The lowest BCUT2D eigenvalue weighted by Gasteiger charge is -2.08. The quantitative estimate of drug-likeness (QED) is 0.610. The van der Waals surface area contributed by atoms with Crippen molar-refractivity contribution in [2.24, 2.45) is 5.16 Å². The van der Waals surface area contributed by atoms with E-state index in [4.69, 9.17) is 28.0 Å². The third kappa shape index (κ3) is 4.47. The van der Waals surface area contributed by atoms with Crippen molar-refractivity contribution in [1.82, 2.24) is 9.78 Å². The normalized spacial score (nSPS) is 15.6. The molecule has 0 fully saturated rings. The van der Waals surface area contributed by atoms with Crippen molar-refractivity contribution in [2.45, 2.75) is 26.0 Å². The minimum atomic E-state index is -0.773. The van der Waals surface area contributed by atoms with E-state index in [2.05, 4.69) is 15.6 Å². The number of oxime groups is 1. The summed E-state index contributed by atoms with van der Waals surface area (Å²) in [6, 6.07) is 13.0. The van der Waals surface area contributed by atoms with Gasteiger partial charge in [0.1, 0.15) is 5.82 Å². The minimum Gasteiger partial charge on any atom is -0.382 e. The van der Waals surface area contributed by atoms with Gasteiger partial charge in [-0.15, -0.1) is 0 Å². The zero-order chi connectivity index (χ0) is 21.3. The van der Waals surface area contributed by atoms with Crippen LogP contribution < -0.4 is 5.32 Å². The van der Waals surface area contributed by atoms with E-state index in [0.717, 1.165) is 11.3 Å². The van der Waals surface area contributed by atoms with Crippen molar-refractivity contribution >= 4 is 40.6 Å². The number of halogens is 3. The Morgan fingerprint density at radius 2 is 1.97 bits per heavy atom. The third-order valence-corrected chi connectivity index (χ3v) is 5.43. The van der Waals surface area contributed by atoms with Gasteiger partial charge >= 0.3 is 0 Å². The second-order valence-corrected chi connectivity index (χ2v) is 7.72. The Morgan fingerprint density at radius 3 is 2.70 bits per heavy atom. The number of amides is 1. The zero-order valence-electron chi connectivity index (χ0n) is 15.9. The van der Waals surface area contributed by atoms with E-state index in [0.29, 0.717) is 40.1 Å². The molecule has 154 valence electrons. The van der Waals surface area contributed by atoms with Crippen LogP contribution in [-0.2, 0) is 16.2 Å². The van der Waals surface area contributed by atoms with Gasteiger partial charge in [0.05, 0.1) is 22.3 Å². The average Bonchev–Trinajstić information content (AvgIpc) is 3.33. The molecule has 9 heteroatoms. The number of nitrogens with one attached hydrogen (secondary N) is 1. The van der Waals surface area contributed by atoms with Crippen LogP contribution in [0.3, 0.4) is 0 Å². The highest BCUT2D eigenvalue weighted by molar-refractivity contribution is 6.42. The van der Waals surface area contributed by atoms with E-state index in [1.54, 1.807) is 35.0 Å². The molecule has 1 aliphatic heterocycles. The first-order valence-corrected chi connectivity index (χ1v) is 9.92. The summed E-state index contributed by atoms with van der Waals surface area (Å²) in [5.41, 5.74) is 3.11. The highest BCUT2D eigenvalue weighted by Gasteiger charge is 2.29. The molecule has 0 radical (unpaired) electrons. The molecule has 2 aromatic carbocycles. The third-order valence-electron chi connectivity index (χ3n) is 4.69. The fraction of sp³-hybridized carbons (Fsp3) is 0.190. The number of benzene rings is 2. The molecular formula is C21H17Cl2FN4O2. The predicted octanol–water partition coefficient (Wildman–Crippen LogP) is 4.82. The molecule has 1 aliphatic rings. The Bertz CT molecular complexity index is 1130. The average molecular weight is 447 g/mol. The van der Waals surface area contributed by atoms with Crippen molar-refractivity contribution in [3.8, 4) is 0 Å². The largest absolute Gasteiger partial charge is 0.382 e. The van der Waals surface area contributed by atoms with Gasteiger partial charge in [0, 0.05) is 18.2 Å². The molecule has 3 aromatic rings. The maximum atomic E-state index is 13.1. The van der Waals surface area contributed by atoms with Gasteiger partial charge in [-0.05, 0) is 42.3 Å². The first-order valence-electron chi connectivity index (χ1n) is 9.17. The SMILES string of the molecule is Cc1cc(NC(=O)C2CC(c3ccc(F)cc3)=NO2)nn1Cc1ccc(Cl)c(Cl)c1. The number of hydrogen-bond acceptors (Lipinski definition) is 4. The molecular weight excluding hydrogens is 430 g/mol. The van der Waals surface area contributed by atoms with Crippen LogP contribution in [0.5, 0.6) is 0 Å². The fourth-order valence-electron chi connectivity index (χ4n) is 3.08. The van der Waals surface area contributed by atoms with Gasteiger partial charge in [-0.1, -0.05) is 46.6 Å². The van der Waals surface area contributed by atoms with Crippen LogP contribution in [0.4, 0.5) is 10.2 Å². The lowest BCUT2D eigenvalue weighted by Crippen LogP contribution is -2.28. The summed E-state index contributed by atoms with van der Waals surface area (Å²) in [5, 5.41) is 12.1. The molecule has 1 unspecified atom stereocenters. The van der Waals surface area contributed by atoms with E-state index in [-0.39, 0.29) is 11.7 Å². The molecule has 4 rings (SSSR count). The summed E-state index contributed by atoms with van der Waals surface area (Å²) < 4.78 is 14.8. The Hall–Kier alpha value is -2.90. The van der Waals surface area contributed by atoms with Gasteiger partial charge in [-0.2, -0.15) is 5.10 Å². The standard InChI is InChI=1S/C21H17Cl2FN4O2/c1-12-8-20(26-28(12)11-13-2-7-16(22)17(23)9-13)25-21(29)19-10-18(27-30-19)14-3-5-15(24)6-4-14/h2-9,19H,10-11H2,1H3,(H,25,26,29). The van der Waals surface area contributed by atoms with E-state index in [1.165, 1.54) is 12.1 Å². The molecule has 30 heavy (non-hydrogen) atoms. The highest BCUT2D eigenvalue weighted by atomic mass is 35.5. The van der Waals surface area contributed by atoms with Crippen molar-refractivity contribution in [3.05, 3.63) is 81.2 Å². The van der Waals surface area contributed by atoms with Gasteiger partial charge in [-0.3, -0.25) is 9.48 Å². The molecule has 0 spiro atoms. The van der Waals surface area contributed by atoms with Crippen LogP contribution in [0.1, 0.15) is 23.2 Å². The number of anilines is 1. The first-order chi connectivity index (χ1) is 14.4. The zero-order valence-corrected chi connectivity index (χ0v) is 17.4. The lowest BCUT2D eigenvalue weighted by atomic mass is 10.0. The van der Waals surface area contributed by atoms with Gasteiger partial charge < -0.3 is 10.2 Å².